The first-order chi connectivity index (χ1) is 8.34. The van der Waals surface area contributed by atoms with Crippen LogP contribution in [0.1, 0.15) is 20.3 Å². The standard InChI is InChI=1S/C10H17N3O4S/c1-4-8(10(14)15)12(3)18(16,17)9-6-13(5-2)7-11-9/h6-8H,4-5H2,1-3H3,(H,14,15). The minimum Gasteiger partial charge on any atom is -0.480 e. The Balaban J connectivity index is 3.09. The number of likely N-dealkylation sites (N-methyl/N-ethyl adjacent to an activating group) is 1. The lowest BCUT2D eigenvalue weighted by Gasteiger charge is -2.21. The van der Waals surface area contributed by atoms with Crippen molar-refractivity contribution in [2.24, 2.45) is 0 Å². The quantitative estimate of drug-likeness (QED) is 0.810. The maximum atomic E-state index is 12.2. The van der Waals surface area contributed by atoms with Crippen molar-refractivity contribution in [3.8, 4) is 0 Å². The molecule has 1 heterocycles. The summed E-state index contributed by atoms with van der Waals surface area (Å²) in [6.07, 6.45) is 2.99. The zero-order valence-electron chi connectivity index (χ0n) is 10.6. The summed E-state index contributed by atoms with van der Waals surface area (Å²) in [5.74, 6) is -1.17. The van der Waals surface area contributed by atoms with Gasteiger partial charge in [0.1, 0.15) is 6.04 Å². The number of imidazole rings is 1. The number of sulfonamides is 1. The Morgan fingerprint density at radius 3 is 2.56 bits per heavy atom. The summed E-state index contributed by atoms with van der Waals surface area (Å²) >= 11 is 0. The fourth-order valence-electron chi connectivity index (χ4n) is 1.55. The lowest BCUT2D eigenvalue weighted by molar-refractivity contribution is -0.141. The first-order valence-corrected chi connectivity index (χ1v) is 7.01. The molecule has 7 nitrogen and oxygen atoms in total. The second-order valence-corrected chi connectivity index (χ2v) is 5.77. The Labute approximate surface area is 106 Å². The minimum absolute atomic E-state index is 0.133. The Bertz CT molecular complexity index is 523. The zero-order valence-corrected chi connectivity index (χ0v) is 11.4. The van der Waals surface area contributed by atoms with Crippen LogP contribution in [0.4, 0.5) is 0 Å². The zero-order chi connectivity index (χ0) is 13.9. The lowest BCUT2D eigenvalue weighted by atomic mass is 10.2. The van der Waals surface area contributed by atoms with E-state index in [4.69, 9.17) is 5.11 Å². The SMILES string of the molecule is CCC(C(=O)O)N(C)S(=O)(=O)c1cn(CC)cn1. The largest absolute Gasteiger partial charge is 0.480 e. The van der Waals surface area contributed by atoms with E-state index in [1.54, 1.807) is 11.5 Å². The summed E-state index contributed by atoms with van der Waals surface area (Å²) in [4.78, 5) is 14.8. The molecule has 0 saturated heterocycles. The molecule has 0 aliphatic heterocycles. The van der Waals surface area contributed by atoms with Gasteiger partial charge < -0.3 is 9.67 Å². The third-order valence-corrected chi connectivity index (χ3v) is 4.48. The number of nitrogens with zero attached hydrogens (tertiary/aromatic N) is 3. The van der Waals surface area contributed by atoms with Gasteiger partial charge in [-0.25, -0.2) is 13.4 Å². The topological polar surface area (TPSA) is 92.5 Å². The number of carbonyl (C=O) groups is 1. The number of aromatic nitrogens is 2. The molecule has 0 fully saturated rings. The third kappa shape index (κ3) is 2.70. The van der Waals surface area contributed by atoms with Crippen LogP contribution in [0.15, 0.2) is 17.6 Å². The molecule has 0 bridgehead atoms. The highest BCUT2D eigenvalue weighted by Gasteiger charge is 2.32. The van der Waals surface area contributed by atoms with E-state index < -0.39 is 22.0 Å². The van der Waals surface area contributed by atoms with E-state index in [2.05, 4.69) is 4.98 Å². The van der Waals surface area contributed by atoms with Gasteiger partial charge in [0.15, 0.2) is 5.03 Å². The van der Waals surface area contributed by atoms with Crippen LogP contribution in [-0.2, 0) is 21.4 Å². The van der Waals surface area contributed by atoms with Crippen LogP contribution in [0.5, 0.6) is 0 Å². The van der Waals surface area contributed by atoms with E-state index in [9.17, 15) is 13.2 Å². The molecular formula is C10H17N3O4S. The van der Waals surface area contributed by atoms with Crippen molar-refractivity contribution in [2.75, 3.05) is 7.05 Å². The average Bonchev–Trinajstić information content (AvgIpc) is 2.78. The molecule has 1 atom stereocenters. The number of aliphatic carboxylic acids is 1. The summed E-state index contributed by atoms with van der Waals surface area (Å²) in [6.45, 7) is 4.08. The molecule has 1 aromatic heterocycles. The molecule has 1 rings (SSSR count). The molecule has 102 valence electrons. The van der Waals surface area contributed by atoms with E-state index in [0.717, 1.165) is 4.31 Å². The van der Waals surface area contributed by atoms with Gasteiger partial charge in [0.05, 0.1) is 6.33 Å². The second kappa shape index (κ2) is 5.49. The van der Waals surface area contributed by atoms with Gasteiger partial charge in [0.2, 0.25) is 0 Å². The molecule has 0 aliphatic rings. The van der Waals surface area contributed by atoms with Crippen LogP contribution in [0.2, 0.25) is 0 Å². The van der Waals surface area contributed by atoms with Gasteiger partial charge in [-0.3, -0.25) is 4.79 Å². The van der Waals surface area contributed by atoms with Crippen LogP contribution >= 0.6 is 0 Å². The molecule has 0 aromatic carbocycles. The molecule has 1 aromatic rings. The van der Waals surface area contributed by atoms with Crippen molar-refractivity contribution in [3.05, 3.63) is 12.5 Å². The van der Waals surface area contributed by atoms with Crippen LogP contribution < -0.4 is 0 Å². The molecule has 1 unspecified atom stereocenters. The molecule has 0 saturated carbocycles. The van der Waals surface area contributed by atoms with E-state index in [0.29, 0.717) is 6.54 Å². The van der Waals surface area contributed by atoms with Crippen molar-refractivity contribution in [1.82, 2.24) is 13.9 Å². The van der Waals surface area contributed by atoms with Crippen molar-refractivity contribution >= 4 is 16.0 Å². The number of carboxylic acids is 1. The molecule has 18 heavy (non-hydrogen) atoms. The summed E-state index contributed by atoms with van der Waals surface area (Å²) < 4.78 is 26.8. The van der Waals surface area contributed by atoms with Crippen molar-refractivity contribution in [2.45, 2.75) is 37.9 Å². The minimum atomic E-state index is -3.86. The normalized spacial score (nSPS) is 13.8. The first kappa shape index (κ1) is 14.7. The fourth-order valence-corrected chi connectivity index (χ4v) is 2.87. The molecule has 0 radical (unpaired) electrons. The Kier molecular flexibility index (Phi) is 4.47. The number of rotatable bonds is 6. The van der Waals surface area contributed by atoms with Crippen molar-refractivity contribution in [1.29, 1.82) is 0 Å². The maximum Gasteiger partial charge on any atom is 0.321 e. The van der Waals surface area contributed by atoms with Gasteiger partial charge in [0, 0.05) is 19.8 Å². The predicted octanol–water partition coefficient (Wildman–Crippen LogP) is 0.387. The highest BCUT2D eigenvalue weighted by atomic mass is 32.2. The molecule has 0 aliphatic carbocycles. The monoisotopic (exact) mass is 275 g/mol. The molecular weight excluding hydrogens is 258 g/mol. The van der Waals surface area contributed by atoms with Crippen molar-refractivity contribution < 1.29 is 18.3 Å². The number of hydrogen-bond acceptors (Lipinski definition) is 4. The van der Waals surface area contributed by atoms with Gasteiger partial charge >= 0.3 is 5.97 Å². The van der Waals surface area contributed by atoms with Crippen molar-refractivity contribution in [3.63, 3.8) is 0 Å². The lowest BCUT2D eigenvalue weighted by Crippen LogP contribution is -2.42. The molecule has 0 amide bonds. The highest BCUT2D eigenvalue weighted by Crippen LogP contribution is 2.16. The fraction of sp³-hybridized carbons (Fsp3) is 0.600. The first-order valence-electron chi connectivity index (χ1n) is 5.57. The summed E-state index contributed by atoms with van der Waals surface area (Å²) in [7, 11) is -2.61. The van der Waals surface area contributed by atoms with Gasteiger partial charge in [-0.1, -0.05) is 6.92 Å². The smallest absolute Gasteiger partial charge is 0.321 e. The van der Waals surface area contributed by atoms with Crippen LogP contribution in [0.25, 0.3) is 0 Å². The summed E-state index contributed by atoms with van der Waals surface area (Å²) in [5, 5.41) is 8.84. The summed E-state index contributed by atoms with van der Waals surface area (Å²) in [6, 6.07) is -1.08. The predicted molar refractivity (Wildman–Crippen MR) is 64.6 cm³/mol. The van der Waals surface area contributed by atoms with Gasteiger partial charge in [0.25, 0.3) is 10.0 Å². The average molecular weight is 275 g/mol. The van der Waals surface area contributed by atoms with Gasteiger partial charge in [-0.15, -0.1) is 0 Å². The van der Waals surface area contributed by atoms with Gasteiger partial charge in [-0.2, -0.15) is 4.31 Å². The van der Waals surface area contributed by atoms with E-state index in [-0.39, 0.29) is 11.4 Å². The molecule has 8 heteroatoms. The number of hydrogen-bond donors (Lipinski definition) is 1. The van der Waals surface area contributed by atoms with E-state index >= 15 is 0 Å². The summed E-state index contributed by atoms with van der Waals surface area (Å²) in [5.41, 5.74) is 0. The number of carboxylic acid groups (broad SMARTS) is 1. The van der Waals surface area contributed by atoms with Gasteiger partial charge in [-0.05, 0) is 13.3 Å². The van der Waals surface area contributed by atoms with E-state index in [1.165, 1.54) is 19.6 Å². The number of aryl methyl sites for hydroxylation is 1. The van der Waals surface area contributed by atoms with E-state index in [1.807, 2.05) is 6.92 Å². The molecule has 0 spiro atoms. The Morgan fingerprint density at radius 1 is 1.56 bits per heavy atom. The third-order valence-electron chi connectivity index (χ3n) is 2.73. The Morgan fingerprint density at radius 2 is 2.17 bits per heavy atom. The Hall–Kier alpha value is -1.41. The molecule has 1 N–H and O–H groups in total. The maximum absolute atomic E-state index is 12.2. The second-order valence-electron chi connectivity index (χ2n) is 3.83. The highest BCUT2D eigenvalue weighted by molar-refractivity contribution is 7.89. The van der Waals surface area contributed by atoms with Crippen LogP contribution in [0, 0.1) is 0 Å². The van der Waals surface area contributed by atoms with Crippen LogP contribution in [0.3, 0.4) is 0 Å². The van der Waals surface area contributed by atoms with Crippen LogP contribution in [-0.4, -0.2) is 46.4 Å².